The molecule has 0 amide bonds. The van der Waals surface area contributed by atoms with Crippen LogP contribution in [0.5, 0.6) is 0 Å². The van der Waals surface area contributed by atoms with Crippen molar-refractivity contribution >= 4 is 0 Å². The van der Waals surface area contributed by atoms with E-state index < -0.39 is 0 Å². The van der Waals surface area contributed by atoms with Crippen molar-refractivity contribution in [1.29, 1.82) is 0 Å². The molecule has 2 unspecified atom stereocenters. The Hall–Kier alpha value is -0.800. The first-order valence-electron chi connectivity index (χ1n) is 6.67. The predicted octanol–water partition coefficient (Wildman–Crippen LogP) is 2.66. The Morgan fingerprint density at radius 2 is 2.29 bits per heavy atom. The van der Waals surface area contributed by atoms with E-state index in [1.165, 1.54) is 19.5 Å². The van der Waals surface area contributed by atoms with Gasteiger partial charge in [-0.05, 0) is 44.5 Å². The van der Waals surface area contributed by atoms with Gasteiger partial charge in [0, 0.05) is 12.6 Å². The molecule has 2 heterocycles. The molecule has 1 aromatic rings. The first-order chi connectivity index (χ1) is 8.16. The zero-order valence-corrected chi connectivity index (χ0v) is 11.1. The molecule has 96 valence electrons. The van der Waals surface area contributed by atoms with Gasteiger partial charge in [-0.25, -0.2) is 0 Å². The molecule has 0 spiro atoms. The molecule has 0 radical (unpaired) electrons. The summed E-state index contributed by atoms with van der Waals surface area (Å²) in [6.07, 6.45) is 3.06. The van der Waals surface area contributed by atoms with E-state index in [9.17, 15) is 0 Å². The molecule has 0 aliphatic carbocycles. The van der Waals surface area contributed by atoms with Crippen molar-refractivity contribution in [2.45, 2.75) is 39.3 Å². The third kappa shape index (κ3) is 3.33. The van der Waals surface area contributed by atoms with Gasteiger partial charge in [0.05, 0.1) is 12.3 Å². The number of rotatable bonds is 5. The molecule has 0 saturated carbocycles. The lowest BCUT2D eigenvalue weighted by atomic mass is 10.1. The molecular formula is C14H24N2O. The summed E-state index contributed by atoms with van der Waals surface area (Å²) < 4.78 is 5.48. The normalized spacial score (nSPS) is 23.4. The molecule has 1 saturated heterocycles. The number of furan rings is 1. The lowest BCUT2D eigenvalue weighted by molar-refractivity contribution is 0.222. The van der Waals surface area contributed by atoms with E-state index in [-0.39, 0.29) is 0 Å². The van der Waals surface area contributed by atoms with Crippen LogP contribution >= 0.6 is 0 Å². The molecule has 3 heteroatoms. The number of nitrogens with zero attached hydrogens (tertiary/aromatic N) is 1. The van der Waals surface area contributed by atoms with Gasteiger partial charge in [-0.2, -0.15) is 0 Å². The maximum atomic E-state index is 5.48. The summed E-state index contributed by atoms with van der Waals surface area (Å²) in [5.74, 6) is 1.87. The second kappa shape index (κ2) is 5.69. The summed E-state index contributed by atoms with van der Waals surface area (Å²) in [6.45, 7) is 10.2. The van der Waals surface area contributed by atoms with Gasteiger partial charge in [0.2, 0.25) is 0 Å². The van der Waals surface area contributed by atoms with Crippen LogP contribution in [0.3, 0.4) is 0 Å². The van der Waals surface area contributed by atoms with Gasteiger partial charge in [-0.1, -0.05) is 13.8 Å². The quantitative estimate of drug-likeness (QED) is 0.852. The molecule has 3 nitrogen and oxygen atoms in total. The van der Waals surface area contributed by atoms with E-state index in [2.05, 4.69) is 37.1 Å². The highest BCUT2D eigenvalue weighted by Gasteiger charge is 2.27. The Morgan fingerprint density at radius 1 is 1.47 bits per heavy atom. The van der Waals surface area contributed by atoms with E-state index in [0.717, 1.165) is 18.2 Å². The van der Waals surface area contributed by atoms with Crippen LogP contribution in [0.1, 0.15) is 39.0 Å². The van der Waals surface area contributed by atoms with Crippen LogP contribution in [0.25, 0.3) is 0 Å². The molecular weight excluding hydrogens is 212 g/mol. The average Bonchev–Trinajstić information content (AvgIpc) is 2.97. The third-order valence-electron chi connectivity index (χ3n) is 3.63. The Labute approximate surface area is 104 Å². The maximum absolute atomic E-state index is 5.48. The average molecular weight is 236 g/mol. The Balaban J connectivity index is 1.81. The van der Waals surface area contributed by atoms with Gasteiger partial charge in [-0.3, -0.25) is 4.90 Å². The van der Waals surface area contributed by atoms with Crippen molar-refractivity contribution in [3.05, 3.63) is 24.2 Å². The standard InChI is InChI=1S/C14H24N2O/c1-11(2)15-9-13-6-7-16(10-13)12(3)14-5-4-8-17-14/h4-5,8,11-13,15H,6-7,9-10H2,1-3H3. The smallest absolute Gasteiger partial charge is 0.120 e. The van der Waals surface area contributed by atoms with Crippen molar-refractivity contribution in [3.63, 3.8) is 0 Å². The number of nitrogens with one attached hydrogen (secondary N) is 1. The first kappa shape index (κ1) is 12.7. The summed E-state index contributed by atoms with van der Waals surface area (Å²) >= 11 is 0. The summed E-state index contributed by atoms with van der Waals surface area (Å²) in [6, 6.07) is 5.05. The predicted molar refractivity (Wildman–Crippen MR) is 69.9 cm³/mol. The van der Waals surface area contributed by atoms with E-state index in [1.807, 2.05) is 6.07 Å². The first-order valence-corrected chi connectivity index (χ1v) is 6.67. The van der Waals surface area contributed by atoms with Crippen LogP contribution in [0.4, 0.5) is 0 Å². The minimum Gasteiger partial charge on any atom is -0.468 e. The second-order valence-corrected chi connectivity index (χ2v) is 5.40. The van der Waals surface area contributed by atoms with Gasteiger partial charge in [0.1, 0.15) is 5.76 Å². The fourth-order valence-corrected chi connectivity index (χ4v) is 2.49. The van der Waals surface area contributed by atoms with Gasteiger partial charge in [-0.15, -0.1) is 0 Å². The molecule has 2 atom stereocenters. The monoisotopic (exact) mass is 236 g/mol. The fourth-order valence-electron chi connectivity index (χ4n) is 2.49. The molecule has 0 bridgehead atoms. The van der Waals surface area contributed by atoms with E-state index in [0.29, 0.717) is 12.1 Å². The number of likely N-dealkylation sites (tertiary alicyclic amines) is 1. The molecule has 2 rings (SSSR count). The number of hydrogen-bond donors (Lipinski definition) is 1. The van der Waals surface area contributed by atoms with Crippen molar-refractivity contribution in [1.82, 2.24) is 10.2 Å². The molecule has 1 aromatic heterocycles. The van der Waals surface area contributed by atoms with Crippen molar-refractivity contribution in [3.8, 4) is 0 Å². The minimum absolute atomic E-state index is 0.411. The van der Waals surface area contributed by atoms with Crippen LogP contribution in [-0.2, 0) is 0 Å². The fraction of sp³-hybridized carbons (Fsp3) is 0.714. The SMILES string of the molecule is CC(C)NCC1CCN(C(C)c2ccco2)C1. The van der Waals surface area contributed by atoms with Gasteiger partial charge in [0.15, 0.2) is 0 Å². The topological polar surface area (TPSA) is 28.4 Å². The van der Waals surface area contributed by atoms with Gasteiger partial charge < -0.3 is 9.73 Å². The third-order valence-corrected chi connectivity index (χ3v) is 3.63. The molecule has 17 heavy (non-hydrogen) atoms. The Bertz CT molecular complexity index is 321. The highest BCUT2D eigenvalue weighted by Crippen LogP contribution is 2.27. The highest BCUT2D eigenvalue weighted by molar-refractivity contribution is 5.04. The van der Waals surface area contributed by atoms with E-state index >= 15 is 0 Å². The second-order valence-electron chi connectivity index (χ2n) is 5.40. The van der Waals surface area contributed by atoms with Crippen LogP contribution in [0.2, 0.25) is 0 Å². The van der Waals surface area contributed by atoms with Crippen LogP contribution in [-0.4, -0.2) is 30.6 Å². The van der Waals surface area contributed by atoms with Crippen LogP contribution in [0.15, 0.2) is 22.8 Å². The summed E-state index contributed by atoms with van der Waals surface area (Å²) in [4.78, 5) is 2.52. The molecule has 1 N–H and O–H groups in total. The lowest BCUT2D eigenvalue weighted by Gasteiger charge is -2.22. The summed E-state index contributed by atoms with van der Waals surface area (Å²) in [7, 11) is 0. The molecule has 1 fully saturated rings. The van der Waals surface area contributed by atoms with Gasteiger partial charge in [0.25, 0.3) is 0 Å². The van der Waals surface area contributed by atoms with E-state index in [1.54, 1.807) is 6.26 Å². The largest absolute Gasteiger partial charge is 0.468 e. The minimum atomic E-state index is 0.411. The molecule has 1 aliphatic heterocycles. The number of hydrogen-bond acceptors (Lipinski definition) is 3. The van der Waals surface area contributed by atoms with Crippen LogP contribution < -0.4 is 5.32 Å². The maximum Gasteiger partial charge on any atom is 0.120 e. The highest BCUT2D eigenvalue weighted by atomic mass is 16.3. The molecule has 1 aliphatic rings. The lowest BCUT2D eigenvalue weighted by Crippen LogP contribution is -2.31. The van der Waals surface area contributed by atoms with E-state index in [4.69, 9.17) is 4.42 Å². The zero-order valence-electron chi connectivity index (χ0n) is 11.1. The Morgan fingerprint density at radius 3 is 2.94 bits per heavy atom. The molecule has 0 aromatic carbocycles. The zero-order chi connectivity index (χ0) is 12.3. The summed E-state index contributed by atoms with van der Waals surface area (Å²) in [5.41, 5.74) is 0. The van der Waals surface area contributed by atoms with Crippen molar-refractivity contribution in [2.24, 2.45) is 5.92 Å². The Kier molecular flexibility index (Phi) is 4.24. The summed E-state index contributed by atoms with van der Waals surface area (Å²) in [5, 5.41) is 3.53. The van der Waals surface area contributed by atoms with Crippen LogP contribution in [0, 0.1) is 5.92 Å². The van der Waals surface area contributed by atoms with Crippen molar-refractivity contribution < 1.29 is 4.42 Å². The van der Waals surface area contributed by atoms with Crippen molar-refractivity contribution in [2.75, 3.05) is 19.6 Å². The van der Waals surface area contributed by atoms with Gasteiger partial charge >= 0.3 is 0 Å².